The molecule has 1 saturated heterocycles. The molecule has 0 aromatic heterocycles. The second-order valence-corrected chi connectivity index (χ2v) is 6.57. The van der Waals surface area contributed by atoms with Crippen molar-refractivity contribution in [2.24, 2.45) is 5.41 Å². The van der Waals surface area contributed by atoms with E-state index in [9.17, 15) is 0 Å². The Balaban J connectivity index is 0.00000133. The first-order valence-electron chi connectivity index (χ1n) is 7.16. The minimum atomic E-state index is 0. The standard InChI is InChI=1S/C16H22ClN.ClH/c1-3-4-11-5-6-12-13(15(11)17)7-8-16(2)10-18-9-14(12)16;/h5-6,14,18H,3-4,7-10H2,1-2H3;1H/t14-,16-;/m0./s1. The Kier molecular flexibility index (Phi) is 4.49. The molecule has 3 rings (SSSR count). The van der Waals surface area contributed by atoms with Crippen LogP contribution < -0.4 is 5.32 Å². The smallest absolute Gasteiger partial charge is 0.0472 e. The van der Waals surface area contributed by atoms with Crippen LogP contribution in [0.3, 0.4) is 0 Å². The van der Waals surface area contributed by atoms with Gasteiger partial charge in [0.2, 0.25) is 0 Å². The summed E-state index contributed by atoms with van der Waals surface area (Å²) in [6.07, 6.45) is 4.70. The Hall–Kier alpha value is -0.240. The van der Waals surface area contributed by atoms with Crippen LogP contribution in [0, 0.1) is 5.41 Å². The van der Waals surface area contributed by atoms with E-state index in [4.69, 9.17) is 11.6 Å². The van der Waals surface area contributed by atoms with Gasteiger partial charge in [-0.15, -0.1) is 12.4 Å². The van der Waals surface area contributed by atoms with Crippen molar-refractivity contribution in [1.82, 2.24) is 5.32 Å². The number of hydrogen-bond donors (Lipinski definition) is 1. The second kappa shape index (κ2) is 5.63. The molecule has 1 nitrogen and oxygen atoms in total. The van der Waals surface area contributed by atoms with E-state index >= 15 is 0 Å². The van der Waals surface area contributed by atoms with E-state index in [0.717, 1.165) is 31.0 Å². The lowest BCUT2D eigenvalue weighted by molar-refractivity contribution is 0.277. The summed E-state index contributed by atoms with van der Waals surface area (Å²) in [5.41, 5.74) is 4.74. The number of nitrogens with one attached hydrogen (secondary N) is 1. The number of benzene rings is 1. The van der Waals surface area contributed by atoms with Crippen molar-refractivity contribution in [3.05, 3.63) is 33.8 Å². The van der Waals surface area contributed by atoms with E-state index in [-0.39, 0.29) is 12.4 Å². The fraction of sp³-hybridized carbons (Fsp3) is 0.625. The molecule has 0 saturated carbocycles. The van der Waals surface area contributed by atoms with Crippen molar-refractivity contribution in [3.63, 3.8) is 0 Å². The second-order valence-electron chi connectivity index (χ2n) is 6.19. The van der Waals surface area contributed by atoms with E-state index in [1.165, 1.54) is 29.5 Å². The first-order valence-corrected chi connectivity index (χ1v) is 7.54. The molecule has 2 aliphatic rings. The van der Waals surface area contributed by atoms with Crippen LogP contribution in [-0.4, -0.2) is 13.1 Å². The molecular formula is C16H23Cl2N. The van der Waals surface area contributed by atoms with E-state index in [2.05, 4.69) is 31.3 Å². The normalized spacial score (nSPS) is 28.5. The molecular weight excluding hydrogens is 277 g/mol. The first-order chi connectivity index (χ1) is 8.65. The van der Waals surface area contributed by atoms with Gasteiger partial charge < -0.3 is 5.32 Å². The highest BCUT2D eigenvalue weighted by Crippen LogP contribution is 2.49. The predicted octanol–water partition coefficient (Wildman–Crippen LogP) is 4.35. The molecule has 1 aliphatic heterocycles. The molecule has 0 spiro atoms. The molecule has 106 valence electrons. The lowest BCUT2D eigenvalue weighted by Crippen LogP contribution is -2.30. The van der Waals surface area contributed by atoms with Crippen molar-refractivity contribution < 1.29 is 0 Å². The van der Waals surface area contributed by atoms with Gasteiger partial charge in [-0.2, -0.15) is 0 Å². The van der Waals surface area contributed by atoms with Crippen molar-refractivity contribution in [2.45, 2.75) is 45.4 Å². The van der Waals surface area contributed by atoms with E-state index < -0.39 is 0 Å². The summed E-state index contributed by atoms with van der Waals surface area (Å²) >= 11 is 6.62. The quantitative estimate of drug-likeness (QED) is 0.856. The summed E-state index contributed by atoms with van der Waals surface area (Å²) in [7, 11) is 0. The number of aryl methyl sites for hydroxylation is 1. The molecule has 0 unspecified atom stereocenters. The maximum absolute atomic E-state index is 6.62. The Morgan fingerprint density at radius 3 is 2.95 bits per heavy atom. The highest BCUT2D eigenvalue weighted by atomic mass is 35.5. The third kappa shape index (κ3) is 2.41. The fourth-order valence-corrected chi connectivity index (χ4v) is 4.12. The summed E-state index contributed by atoms with van der Waals surface area (Å²) in [6, 6.07) is 4.61. The lowest BCUT2D eigenvalue weighted by atomic mass is 9.67. The van der Waals surface area contributed by atoms with Gasteiger partial charge in [-0.1, -0.05) is 44.0 Å². The van der Waals surface area contributed by atoms with Crippen molar-refractivity contribution >= 4 is 24.0 Å². The van der Waals surface area contributed by atoms with Crippen LogP contribution in [0.4, 0.5) is 0 Å². The Bertz CT molecular complexity index is 472. The van der Waals surface area contributed by atoms with Gasteiger partial charge in [0.15, 0.2) is 0 Å². The zero-order valence-electron chi connectivity index (χ0n) is 11.8. The van der Waals surface area contributed by atoms with Crippen LogP contribution in [0.5, 0.6) is 0 Å². The molecule has 1 fully saturated rings. The van der Waals surface area contributed by atoms with Gasteiger partial charge in [-0.05, 0) is 41.4 Å². The topological polar surface area (TPSA) is 12.0 Å². The number of fused-ring (bicyclic) bond motifs is 3. The van der Waals surface area contributed by atoms with Gasteiger partial charge in [0, 0.05) is 24.0 Å². The maximum Gasteiger partial charge on any atom is 0.0472 e. The summed E-state index contributed by atoms with van der Waals surface area (Å²) in [6.45, 7) is 6.92. The summed E-state index contributed by atoms with van der Waals surface area (Å²) in [4.78, 5) is 0. The summed E-state index contributed by atoms with van der Waals surface area (Å²) < 4.78 is 0. The Morgan fingerprint density at radius 2 is 2.21 bits per heavy atom. The van der Waals surface area contributed by atoms with Gasteiger partial charge in [-0.3, -0.25) is 0 Å². The Labute approximate surface area is 127 Å². The molecule has 2 atom stereocenters. The van der Waals surface area contributed by atoms with Crippen LogP contribution in [0.1, 0.15) is 49.3 Å². The average molecular weight is 300 g/mol. The fourth-order valence-electron chi connectivity index (χ4n) is 3.76. The van der Waals surface area contributed by atoms with Gasteiger partial charge in [-0.25, -0.2) is 0 Å². The molecule has 0 bridgehead atoms. The van der Waals surface area contributed by atoms with Crippen LogP contribution in [-0.2, 0) is 12.8 Å². The van der Waals surface area contributed by atoms with Crippen LogP contribution in [0.2, 0.25) is 5.02 Å². The van der Waals surface area contributed by atoms with Crippen molar-refractivity contribution in [2.75, 3.05) is 13.1 Å². The number of hydrogen-bond acceptors (Lipinski definition) is 1. The predicted molar refractivity (Wildman–Crippen MR) is 84.7 cm³/mol. The molecule has 0 amide bonds. The molecule has 3 heteroatoms. The van der Waals surface area contributed by atoms with Gasteiger partial charge in [0.25, 0.3) is 0 Å². The van der Waals surface area contributed by atoms with E-state index in [0.29, 0.717) is 11.3 Å². The Morgan fingerprint density at radius 1 is 1.42 bits per heavy atom. The van der Waals surface area contributed by atoms with Crippen LogP contribution >= 0.6 is 24.0 Å². The number of rotatable bonds is 2. The molecule has 0 radical (unpaired) electrons. The molecule has 1 heterocycles. The van der Waals surface area contributed by atoms with E-state index in [1.807, 2.05) is 0 Å². The van der Waals surface area contributed by atoms with Crippen molar-refractivity contribution in [3.8, 4) is 0 Å². The van der Waals surface area contributed by atoms with Gasteiger partial charge in [0.05, 0.1) is 0 Å². The third-order valence-corrected chi connectivity index (χ3v) is 5.39. The molecule has 1 aromatic carbocycles. The monoisotopic (exact) mass is 299 g/mol. The van der Waals surface area contributed by atoms with Crippen LogP contribution in [0.15, 0.2) is 12.1 Å². The molecule has 1 aliphatic carbocycles. The molecule has 19 heavy (non-hydrogen) atoms. The zero-order chi connectivity index (χ0) is 12.8. The largest absolute Gasteiger partial charge is 0.316 e. The SMILES string of the molecule is CCCc1ccc2c(c1Cl)CC[C@@]1(C)CNC[C@@H]21.Cl. The summed E-state index contributed by atoms with van der Waals surface area (Å²) in [5, 5.41) is 4.62. The molecule has 1 N–H and O–H groups in total. The molecule has 1 aromatic rings. The third-order valence-electron chi connectivity index (χ3n) is 4.92. The van der Waals surface area contributed by atoms with Gasteiger partial charge in [0.1, 0.15) is 0 Å². The average Bonchev–Trinajstić information content (AvgIpc) is 2.75. The first kappa shape index (κ1) is 15.2. The highest BCUT2D eigenvalue weighted by molar-refractivity contribution is 6.32. The zero-order valence-corrected chi connectivity index (χ0v) is 13.3. The van der Waals surface area contributed by atoms with Crippen LogP contribution in [0.25, 0.3) is 0 Å². The summed E-state index contributed by atoms with van der Waals surface area (Å²) in [5.74, 6) is 0.662. The number of halogens is 2. The van der Waals surface area contributed by atoms with Gasteiger partial charge >= 0.3 is 0 Å². The maximum atomic E-state index is 6.62. The lowest BCUT2D eigenvalue weighted by Gasteiger charge is -2.37. The van der Waals surface area contributed by atoms with E-state index in [1.54, 1.807) is 0 Å². The minimum absolute atomic E-state index is 0. The minimum Gasteiger partial charge on any atom is -0.316 e. The van der Waals surface area contributed by atoms with Crippen molar-refractivity contribution in [1.29, 1.82) is 0 Å². The highest BCUT2D eigenvalue weighted by Gasteiger charge is 2.43.